The van der Waals surface area contributed by atoms with Crippen LogP contribution in [-0.2, 0) is 9.47 Å². The lowest BCUT2D eigenvalue weighted by Crippen LogP contribution is -2.68. The first kappa shape index (κ1) is 30.6. The Morgan fingerprint density at radius 1 is 1.18 bits per heavy atom. The van der Waals surface area contributed by atoms with Gasteiger partial charge in [-0.1, -0.05) is 13.3 Å². The number of nitrogens with two attached hydrogens (primary N) is 1. The highest BCUT2D eigenvalue weighted by molar-refractivity contribution is 5.92. The quantitative estimate of drug-likeness (QED) is 0.109. The second kappa shape index (κ2) is 14.5. The molecule has 0 bridgehead atoms. The number of nitrogens with one attached hydrogen (secondary N) is 5. The zero-order valence-corrected chi connectivity index (χ0v) is 23.2. The Balaban J connectivity index is 1.14. The molecule has 3 fully saturated rings. The van der Waals surface area contributed by atoms with Gasteiger partial charge in [-0.05, 0) is 50.7 Å². The van der Waals surface area contributed by atoms with E-state index in [-0.39, 0.29) is 30.4 Å². The van der Waals surface area contributed by atoms with E-state index in [9.17, 15) is 19.8 Å². The highest BCUT2D eigenvalue weighted by atomic mass is 16.6. The predicted octanol–water partition coefficient (Wildman–Crippen LogP) is -1.47. The van der Waals surface area contributed by atoms with Crippen molar-refractivity contribution in [1.29, 1.82) is 0 Å². The molecule has 0 saturated carbocycles. The number of likely N-dealkylation sites (N-methyl/N-ethyl adjacent to an activating group) is 1. The highest BCUT2D eigenvalue weighted by Gasteiger charge is 2.51. The number of fused-ring (bicyclic) bond motifs is 1. The van der Waals surface area contributed by atoms with Gasteiger partial charge in [0, 0.05) is 25.4 Å². The number of ether oxygens (including phenoxy) is 2. The van der Waals surface area contributed by atoms with E-state index in [0.29, 0.717) is 57.3 Å². The number of hydrogen-bond acceptors (Lipinski definition) is 12. The van der Waals surface area contributed by atoms with E-state index in [1.54, 1.807) is 24.3 Å². The SMILES string of the molecule is CCCCOC(=O)c1ccc(NC(=O)NCCCN(C)C[C@H]2O[C@@H](N3CNC4C(N)NCNC43)[C@H](O)[C@@H]2O)cc1. The van der Waals surface area contributed by atoms with Crippen LogP contribution in [0.1, 0.15) is 36.5 Å². The lowest BCUT2D eigenvalue weighted by atomic mass is 10.1. The van der Waals surface area contributed by atoms with Crippen LogP contribution >= 0.6 is 0 Å². The molecule has 0 aromatic heterocycles. The van der Waals surface area contributed by atoms with E-state index in [2.05, 4.69) is 26.6 Å². The van der Waals surface area contributed by atoms with E-state index in [1.807, 2.05) is 23.8 Å². The summed E-state index contributed by atoms with van der Waals surface area (Å²) in [5.41, 5.74) is 7.15. The summed E-state index contributed by atoms with van der Waals surface area (Å²) in [5, 5.41) is 36.8. The molecule has 0 spiro atoms. The molecule has 9 N–H and O–H groups in total. The number of aliphatic hydroxyl groups excluding tert-OH is 2. The number of unbranched alkanes of at least 4 members (excludes halogenated alkanes) is 1. The molecule has 1 aromatic rings. The van der Waals surface area contributed by atoms with Gasteiger partial charge >= 0.3 is 12.0 Å². The maximum atomic E-state index is 12.3. The molecule has 3 saturated heterocycles. The van der Waals surface area contributed by atoms with Crippen LogP contribution in [0.5, 0.6) is 0 Å². The first-order valence-electron chi connectivity index (χ1n) is 14.0. The number of carbonyl (C=O) groups is 2. The summed E-state index contributed by atoms with van der Waals surface area (Å²) in [7, 11) is 1.91. The van der Waals surface area contributed by atoms with Crippen LogP contribution < -0.4 is 32.3 Å². The molecule has 7 atom stereocenters. The molecule has 0 aliphatic carbocycles. The van der Waals surface area contributed by atoms with Crippen molar-refractivity contribution in [2.45, 2.75) is 69.1 Å². The molecule has 14 heteroatoms. The third-order valence-electron chi connectivity index (χ3n) is 7.51. The number of esters is 1. The van der Waals surface area contributed by atoms with Crippen LogP contribution in [0.3, 0.4) is 0 Å². The third kappa shape index (κ3) is 7.66. The van der Waals surface area contributed by atoms with Crippen molar-refractivity contribution in [2.75, 3.05) is 51.9 Å². The molecule has 14 nitrogen and oxygen atoms in total. The molecule has 1 aromatic carbocycles. The van der Waals surface area contributed by atoms with Crippen molar-refractivity contribution in [1.82, 2.24) is 31.1 Å². The van der Waals surface area contributed by atoms with Gasteiger partial charge in [-0.3, -0.25) is 16.0 Å². The Labute approximate surface area is 234 Å². The van der Waals surface area contributed by atoms with Crippen molar-refractivity contribution in [3.63, 3.8) is 0 Å². The molecule has 2 amide bonds. The Hall–Kier alpha value is -2.40. The first-order chi connectivity index (χ1) is 19.3. The number of urea groups is 1. The molecule has 40 heavy (non-hydrogen) atoms. The number of rotatable bonds is 12. The second-order valence-electron chi connectivity index (χ2n) is 10.6. The summed E-state index contributed by atoms with van der Waals surface area (Å²) in [5.74, 6) is -0.376. The summed E-state index contributed by atoms with van der Waals surface area (Å²) < 4.78 is 11.3. The Morgan fingerprint density at radius 2 is 1.95 bits per heavy atom. The average molecular weight is 565 g/mol. The maximum absolute atomic E-state index is 12.3. The van der Waals surface area contributed by atoms with Crippen molar-refractivity contribution >= 4 is 17.7 Å². The minimum Gasteiger partial charge on any atom is -0.462 e. The van der Waals surface area contributed by atoms with Gasteiger partial charge in [0.2, 0.25) is 0 Å². The predicted molar refractivity (Wildman–Crippen MR) is 148 cm³/mol. The van der Waals surface area contributed by atoms with Crippen LogP contribution in [0, 0.1) is 0 Å². The van der Waals surface area contributed by atoms with Gasteiger partial charge in [-0.2, -0.15) is 0 Å². The molecule has 3 unspecified atom stereocenters. The zero-order valence-electron chi connectivity index (χ0n) is 23.2. The maximum Gasteiger partial charge on any atom is 0.338 e. The summed E-state index contributed by atoms with van der Waals surface area (Å²) in [6.45, 7) is 4.98. The third-order valence-corrected chi connectivity index (χ3v) is 7.51. The van der Waals surface area contributed by atoms with Gasteiger partial charge in [0.25, 0.3) is 0 Å². The molecule has 3 aliphatic rings. The van der Waals surface area contributed by atoms with Gasteiger partial charge in [-0.15, -0.1) is 0 Å². The molecular formula is C26H44N8O6. The number of nitrogens with zero attached hydrogens (tertiary/aromatic N) is 2. The fraction of sp³-hybridized carbons (Fsp3) is 0.692. The summed E-state index contributed by atoms with van der Waals surface area (Å²) in [6.07, 6.45) is -1.14. The van der Waals surface area contributed by atoms with E-state index in [1.165, 1.54) is 0 Å². The van der Waals surface area contributed by atoms with Crippen LogP contribution in [0.25, 0.3) is 0 Å². The van der Waals surface area contributed by atoms with Crippen molar-refractivity contribution < 1.29 is 29.3 Å². The fourth-order valence-corrected chi connectivity index (χ4v) is 5.21. The summed E-state index contributed by atoms with van der Waals surface area (Å²) in [4.78, 5) is 28.2. The van der Waals surface area contributed by atoms with Crippen LogP contribution in [0.15, 0.2) is 24.3 Å². The van der Waals surface area contributed by atoms with Gasteiger partial charge in [0.15, 0.2) is 0 Å². The smallest absolute Gasteiger partial charge is 0.338 e. The van der Waals surface area contributed by atoms with E-state index < -0.39 is 24.5 Å². The van der Waals surface area contributed by atoms with Gasteiger partial charge in [0.05, 0.1) is 37.2 Å². The molecule has 4 rings (SSSR count). The molecular weight excluding hydrogens is 520 g/mol. The number of aliphatic hydroxyl groups is 2. The number of carbonyl (C=O) groups excluding carboxylic acids is 2. The highest BCUT2D eigenvalue weighted by Crippen LogP contribution is 2.28. The lowest BCUT2D eigenvalue weighted by molar-refractivity contribution is -0.106. The van der Waals surface area contributed by atoms with Crippen molar-refractivity contribution in [3.8, 4) is 0 Å². The van der Waals surface area contributed by atoms with Crippen LogP contribution in [-0.4, -0.2) is 122 Å². The Bertz CT molecular complexity index is 971. The monoisotopic (exact) mass is 564 g/mol. The van der Waals surface area contributed by atoms with Gasteiger partial charge in [-0.25, -0.2) is 14.5 Å². The summed E-state index contributed by atoms with van der Waals surface area (Å²) in [6, 6.07) is 6.18. The second-order valence-corrected chi connectivity index (χ2v) is 10.6. The van der Waals surface area contributed by atoms with Crippen molar-refractivity contribution in [3.05, 3.63) is 29.8 Å². The topological polar surface area (TPSA) is 186 Å². The Kier molecular flexibility index (Phi) is 11.1. The van der Waals surface area contributed by atoms with Crippen LogP contribution in [0.2, 0.25) is 0 Å². The normalized spacial score (nSPS) is 30.3. The minimum atomic E-state index is -1.04. The first-order valence-corrected chi connectivity index (χ1v) is 14.0. The largest absolute Gasteiger partial charge is 0.462 e. The number of hydrogen-bond donors (Lipinski definition) is 8. The van der Waals surface area contributed by atoms with Gasteiger partial charge in [0.1, 0.15) is 24.5 Å². The standard InChI is InChI=1S/C26H44N8O6/c1-3-4-12-39-25(37)16-6-8-17(9-7-16)32-26(38)28-10-5-11-33(2)13-18-20(35)21(36)24(40-18)34-15-31-19-22(27)29-14-30-23(19)34/h6-9,18-24,29-31,35-36H,3-5,10-15,27H2,1-2H3,(H2,28,32,38)/t18-,19?,20-,21-,22?,23?,24-/m1/s1. The molecule has 3 heterocycles. The molecule has 224 valence electrons. The lowest BCUT2D eigenvalue weighted by Gasteiger charge is -2.38. The zero-order chi connectivity index (χ0) is 28.6. The average Bonchev–Trinajstić information content (AvgIpc) is 3.49. The van der Waals surface area contributed by atoms with E-state index >= 15 is 0 Å². The van der Waals surface area contributed by atoms with Crippen molar-refractivity contribution in [2.24, 2.45) is 5.73 Å². The minimum absolute atomic E-state index is 0.0356. The van der Waals surface area contributed by atoms with E-state index in [0.717, 1.165) is 12.8 Å². The van der Waals surface area contributed by atoms with Gasteiger partial charge < -0.3 is 41.0 Å². The Morgan fingerprint density at radius 3 is 2.70 bits per heavy atom. The van der Waals surface area contributed by atoms with Crippen LogP contribution in [0.4, 0.5) is 10.5 Å². The fourth-order valence-electron chi connectivity index (χ4n) is 5.21. The molecule has 0 radical (unpaired) electrons. The number of amides is 2. The number of benzene rings is 1. The summed E-state index contributed by atoms with van der Waals surface area (Å²) >= 11 is 0. The van der Waals surface area contributed by atoms with E-state index in [4.69, 9.17) is 15.2 Å². The number of anilines is 1. The molecule has 3 aliphatic heterocycles.